The van der Waals surface area contributed by atoms with Crippen molar-refractivity contribution in [3.63, 3.8) is 0 Å². The first-order valence-electron chi connectivity index (χ1n) is 8.25. The number of rotatable bonds is 4. The fourth-order valence-corrected chi connectivity index (χ4v) is 3.41. The number of amides is 2. The molecule has 1 aromatic rings. The molecule has 0 aromatic carbocycles. The molecule has 23 heavy (non-hydrogen) atoms. The second kappa shape index (κ2) is 6.93. The summed E-state index contributed by atoms with van der Waals surface area (Å²) < 4.78 is 0. The molecule has 3 rings (SSSR count). The number of carbonyl (C=O) groups excluding carboxylic acids is 2. The monoisotopic (exact) mass is 318 g/mol. The average molecular weight is 318 g/mol. The summed E-state index contributed by atoms with van der Waals surface area (Å²) in [6.45, 7) is 1.45. The van der Waals surface area contributed by atoms with Gasteiger partial charge in [0.1, 0.15) is 0 Å². The summed E-state index contributed by atoms with van der Waals surface area (Å²) >= 11 is 0. The van der Waals surface area contributed by atoms with Crippen molar-refractivity contribution in [1.82, 2.24) is 20.0 Å². The van der Waals surface area contributed by atoms with Crippen LogP contribution in [0.15, 0.2) is 16.9 Å². The smallest absolute Gasteiger partial charge is 0.264 e. The Labute approximate surface area is 134 Å². The van der Waals surface area contributed by atoms with Gasteiger partial charge in [-0.3, -0.25) is 14.4 Å². The molecule has 1 N–H and O–H groups in total. The summed E-state index contributed by atoms with van der Waals surface area (Å²) in [5.74, 6) is 0.0380. The molecule has 7 heteroatoms. The van der Waals surface area contributed by atoms with Gasteiger partial charge in [-0.15, -0.1) is 0 Å². The Balaban J connectivity index is 1.50. The molecule has 0 unspecified atom stereocenters. The summed E-state index contributed by atoms with van der Waals surface area (Å²) in [4.78, 5) is 39.1. The molecule has 0 radical (unpaired) electrons. The van der Waals surface area contributed by atoms with Crippen molar-refractivity contribution < 1.29 is 9.59 Å². The number of hydrogen-bond acceptors (Lipinski definition) is 4. The zero-order valence-corrected chi connectivity index (χ0v) is 13.2. The maximum atomic E-state index is 12.3. The topological polar surface area (TPSA) is 86.4 Å². The normalized spacial score (nSPS) is 19.4. The van der Waals surface area contributed by atoms with E-state index in [1.165, 1.54) is 18.9 Å². The fourth-order valence-electron chi connectivity index (χ4n) is 3.41. The Bertz CT molecular complexity index is 616. The van der Waals surface area contributed by atoms with Gasteiger partial charge >= 0.3 is 0 Å². The molecule has 0 bridgehead atoms. The van der Waals surface area contributed by atoms with E-state index in [1.807, 2.05) is 4.90 Å². The Morgan fingerprint density at radius 1 is 1.22 bits per heavy atom. The number of aryl methyl sites for hydroxylation is 1. The van der Waals surface area contributed by atoms with E-state index in [0.29, 0.717) is 37.7 Å². The van der Waals surface area contributed by atoms with Gasteiger partial charge in [-0.1, -0.05) is 12.8 Å². The van der Waals surface area contributed by atoms with Crippen LogP contribution in [-0.4, -0.2) is 57.5 Å². The van der Waals surface area contributed by atoms with E-state index in [-0.39, 0.29) is 23.9 Å². The SMILES string of the molecule is O=C(CCc1ccc(=O)[nH]n1)N1CCN(C2CCCC2)C(=O)C1. The zero-order chi connectivity index (χ0) is 16.2. The largest absolute Gasteiger partial charge is 0.336 e. The van der Waals surface area contributed by atoms with Crippen molar-refractivity contribution in [2.45, 2.75) is 44.6 Å². The standard InChI is InChI=1S/C16H22N4O3/c21-14-7-5-12(17-18-14)6-8-15(22)19-9-10-20(16(23)11-19)13-3-1-2-4-13/h5,7,13H,1-4,6,8-11H2,(H,18,21). The van der Waals surface area contributed by atoms with E-state index in [0.717, 1.165) is 12.8 Å². The maximum Gasteiger partial charge on any atom is 0.264 e. The Hall–Kier alpha value is -2.18. The van der Waals surface area contributed by atoms with Crippen LogP contribution in [0.5, 0.6) is 0 Å². The minimum Gasteiger partial charge on any atom is -0.336 e. The molecule has 0 spiro atoms. The first kappa shape index (κ1) is 15.7. The highest BCUT2D eigenvalue weighted by Crippen LogP contribution is 2.24. The summed E-state index contributed by atoms with van der Waals surface area (Å²) in [5, 5.41) is 6.25. The van der Waals surface area contributed by atoms with Crippen LogP contribution in [0.1, 0.15) is 37.8 Å². The first-order chi connectivity index (χ1) is 11.1. The minimum atomic E-state index is -0.256. The summed E-state index contributed by atoms with van der Waals surface area (Å²) in [5.41, 5.74) is 0.419. The molecule has 1 aliphatic carbocycles. The Morgan fingerprint density at radius 3 is 2.65 bits per heavy atom. The highest BCUT2D eigenvalue weighted by Gasteiger charge is 2.32. The van der Waals surface area contributed by atoms with Crippen molar-refractivity contribution in [3.05, 3.63) is 28.2 Å². The number of nitrogens with zero attached hydrogens (tertiary/aromatic N) is 3. The number of aromatic amines is 1. The Morgan fingerprint density at radius 2 is 2.00 bits per heavy atom. The summed E-state index contributed by atoms with van der Waals surface area (Å²) in [7, 11) is 0. The Kier molecular flexibility index (Phi) is 4.73. The van der Waals surface area contributed by atoms with Gasteiger partial charge in [0, 0.05) is 38.0 Å². The number of H-pyrrole nitrogens is 1. The van der Waals surface area contributed by atoms with E-state index < -0.39 is 0 Å². The van der Waals surface area contributed by atoms with Gasteiger partial charge in [0.05, 0.1) is 12.2 Å². The molecule has 1 aromatic heterocycles. The third-order valence-electron chi connectivity index (χ3n) is 4.71. The molecule has 2 heterocycles. The van der Waals surface area contributed by atoms with Gasteiger partial charge in [0.15, 0.2) is 0 Å². The van der Waals surface area contributed by atoms with Crippen LogP contribution < -0.4 is 5.56 Å². The number of aromatic nitrogens is 2. The van der Waals surface area contributed by atoms with Gasteiger partial charge in [-0.2, -0.15) is 5.10 Å². The third kappa shape index (κ3) is 3.78. The molecule has 2 amide bonds. The van der Waals surface area contributed by atoms with Gasteiger partial charge in [0.2, 0.25) is 11.8 Å². The lowest BCUT2D eigenvalue weighted by atomic mass is 10.1. The first-order valence-corrected chi connectivity index (χ1v) is 8.25. The molecule has 7 nitrogen and oxygen atoms in total. The lowest BCUT2D eigenvalue weighted by Gasteiger charge is -2.37. The van der Waals surface area contributed by atoms with E-state index in [2.05, 4.69) is 10.2 Å². The minimum absolute atomic E-state index is 0.0302. The van der Waals surface area contributed by atoms with Crippen LogP contribution in [0.25, 0.3) is 0 Å². The molecule has 1 saturated carbocycles. The predicted octanol–water partition coefficient (Wildman–Crippen LogP) is 0.316. The van der Waals surface area contributed by atoms with Crippen molar-refractivity contribution in [2.24, 2.45) is 0 Å². The van der Waals surface area contributed by atoms with E-state index in [4.69, 9.17) is 0 Å². The van der Waals surface area contributed by atoms with Gasteiger partial charge in [-0.25, -0.2) is 5.10 Å². The van der Waals surface area contributed by atoms with Crippen LogP contribution in [0.4, 0.5) is 0 Å². The molecular weight excluding hydrogens is 296 g/mol. The number of piperazine rings is 1. The highest BCUT2D eigenvalue weighted by molar-refractivity contribution is 5.86. The second-order valence-corrected chi connectivity index (χ2v) is 6.25. The summed E-state index contributed by atoms with van der Waals surface area (Å²) in [6, 6.07) is 3.40. The van der Waals surface area contributed by atoms with Crippen molar-refractivity contribution in [1.29, 1.82) is 0 Å². The lowest BCUT2D eigenvalue weighted by molar-refractivity contribution is -0.147. The average Bonchev–Trinajstić information content (AvgIpc) is 3.08. The van der Waals surface area contributed by atoms with Crippen LogP contribution in [0.3, 0.4) is 0 Å². The zero-order valence-electron chi connectivity index (χ0n) is 13.2. The summed E-state index contributed by atoms with van der Waals surface area (Å²) in [6.07, 6.45) is 5.35. The third-order valence-corrected chi connectivity index (χ3v) is 4.71. The van der Waals surface area contributed by atoms with Gasteiger partial charge in [0.25, 0.3) is 5.56 Å². The number of hydrogen-bond donors (Lipinski definition) is 1. The van der Waals surface area contributed by atoms with Crippen LogP contribution in [0.2, 0.25) is 0 Å². The molecular formula is C16H22N4O3. The van der Waals surface area contributed by atoms with E-state index in [1.54, 1.807) is 11.0 Å². The van der Waals surface area contributed by atoms with Crippen molar-refractivity contribution in [2.75, 3.05) is 19.6 Å². The van der Waals surface area contributed by atoms with Crippen molar-refractivity contribution >= 4 is 11.8 Å². The molecule has 2 fully saturated rings. The van der Waals surface area contributed by atoms with Crippen LogP contribution >= 0.6 is 0 Å². The number of carbonyl (C=O) groups is 2. The fraction of sp³-hybridized carbons (Fsp3) is 0.625. The highest BCUT2D eigenvalue weighted by atomic mass is 16.2. The molecule has 124 valence electrons. The molecule has 0 atom stereocenters. The second-order valence-electron chi connectivity index (χ2n) is 6.25. The van der Waals surface area contributed by atoms with Crippen LogP contribution in [-0.2, 0) is 16.0 Å². The number of nitrogens with one attached hydrogen (secondary N) is 1. The van der Waals surface area contributed by atoms with Crippen LogP contribution in [0, 0.1) is 0 Å². The quantitative estimate of drug-likeness (QED) is 0.866. The maximum absolute atomic E-state index is 12.3. The van der Waals surface area contributed by atoms with E-state index >= 15 is 0 Å². The van der Waals surface area contributed by atoms with Gasteiger partial charge in [-0.05, 0) is 18.9 Å². The molecule has 1 aliphatic heterocycles. The van der Waals surface area contributed by atoms with E-state index in [9.17, 15) is 14.4 Å². The molecule has 2 aliphatic rings. The van der Waals surface area contributed by atoms with Crippen molar-refractivity contribution in [3.8, 4) is 0 Å². The van der Waals surface area contributed by atoms with Gasteiger partial charge < -0.3 is 9.80 Å². The lowest BCUT2D eigenvalue weighted by Crippen LogP contribution is -2.54. The predicted molar refractivity (Wildman–Crippen MR) is 83.7 cm³/mol. The molecule has 1 saturated heterocycles.